The van der Waals surface area contributed by atoms with Crippen molar-refractivity contribution in [3.05, 3.63) is 60.5 Å². The van der Waals surface area contributed by atoms with Gasteiger partial charge in [0.25, 0.3) is 5.91 Å². The molecule has 2 atom stereocenters. The molecule has 1 aromatic rings. The van der Waals surface area contributed by atoms with Gasteiger partial charge in [0.1, 0.15) is 17.4 Å². The third kappa shape index (κ3) is 4.96. The summed E-state index contributed by atoms with van der Waals surface area (Å²) in [5.74, 6) is 15.7. The number of ketones is 1. The maximum Gasteiger partial charge on any atom is 0.294 e. The standard InChI is InChI=1S/C23H30FN11O3/c1-38-15-4-2-14(3-5-15)35(28)23(31-26)33-10-8-32(9-11-33)22(37)20(36)16-12-29-19-18(16)17(24)13-30-21(19)34(27)7-6-25/h2-7,12-13,18-19,29H,8-11,25-28H2,1H3/b7-6-,31-23-. The number of hydrogen-bond acceptors (Lipinski definition) is 11. The summed E-state index contributed by atoms with van der Waals surface area (Å²) >= 11 is 0. The molecule has 1 amide bonds. The van der Waals surface area contributed by atoms with Gasteiger partial charge in [-0.1, -0.05) is 0 Å². The molecule has 3 aliphatic heterocycles. The first-order valence-corrected chi connectivity index (χ1v) is 11.7. The number of guanidine groups is 1. The van der Waals surface area contributed by atoms with Crippen LogP contribution in [0.1, 0.15) is 0 Å². The summed E-state index contributed by atoms with van der Waals surface area (Å²) in [6, 6.07) is 6.25. The minimum atomic E-state index is -1.04. The molecule has 0 radical (unpaired) electrons. The number of nitrogens with zero attached hydrogens (tertiary/aromatic N) is 6. The molecule has 0 saturated carbocycles. The third-order valence-electron chi connectivity index (χ3n) is 6.48. The SMILES string of the molecule is COc1ccc(N(N)/C(=N\N)N2CCN(C(=O)C(=O)C3=CNC4C(N(N)/C=C\N)=NC=C(F)C34)CC2)cc1. The van der Waals surface area contributed by atoms with Crippen LogP contribution in [0.15, 0.2) is 70.6 Å². The van der Waals surface area contributed by atoms with E-state index in [0.717, 1.165) is 11.2 Å². The Kier molecular flexibility index (Phi) is 7.78. The summed E-state index contributed by atoms with van der Waals surface area (Å²) in [6.07, 6.45) is 4.86. The number of hydrogen-bond donors (Lipinski definition) is 5. The van der Waals surface area contributed by atoms with Gasteiger partial charge in [0.2, 0.25) is 11.7 Å². The van der Waals surface area contributed by atoms with Crippen molar-refractivity contribution in [2.45, 2.75) is 6.04 Å². The van der Waals surface area contributed by atoms with Crippen LogP contribution in [0.2, 0.25) is 0 Å². The number of nitrogens with one attached hydrogen (secondary N) is 1. The second kappa shape index (κ2) is 11.2. The second-order valence-electron chi connectivity index (χ2n) is 8.58. The Bertz CT molecular complexity index is 1220. The van der Waals surface area contributed by atoms with E-state index >= 15 is 0 Å². The van der Waals surface area contributed by atoms with Crippen LogP contribution in [-0.2, 0) is 9.59 Å². The summed E-state index contributed by atoms with van der Waals surface area (Å²) in [5, 5.41) is 9.18. The molecule has 1 saturated heterocycles. The first-order chi connectivity index (χ1) is 18.3. The van der Waals surface area contributed by atoms with Crippen LogP contribution in [-0.4, -0.2) is 77.6 Å². The lowest BCUT2D eigenvalue weighted by molar-refractivity contribution is -0.143. The van der Waals surface area contributed by atoms with Crippen molar-refractivity contribution in [3.63, 3.8) is 0 Å². The molecule has 202 valence electrons. The molecule has 38 heavy (non-hydrogen) atoms. The molecular formula is C23H30FN11O3. The minimum absolute atomic E-state index is 0.00874. The van der Waals surface area contributed by atoms with Gasteiger partial charge in [-0.3, -0.25) is 14.6 Å². The van der Waals surface area contributed by atoms with Crippen LogP contribution in [0.5, 0.6) is 5.75 Å². The molecule has 0 bridgehead atoms. The summed E-state index contributed by atoms with van der Waals surface area (Å²) in [6.45, 7) is 1.05. The number of halogens is 1. The molecule has 2 unspecified atom stereocenters. The molecule has 0 aliphatic carbocycles. The average molecular weight is 528 g/mol. The van der Waals surface area contributed by atoms with Gasteiger partial charge in [-0.15, -0.1) is 5.10 Å². The first-order valence-electron chi connectivity index (χ1n) is 11.7. The van der Waals surface area contributed by atoms with Crippen molar-refractivity contribution in [3.8, 4) is 5.75 Å². The van der Waals surface area contributed by atoms with E-state index < -0.39 is 29.5 Å². The van der Waals surface area contributed by atoms with Gasteiger partial charge in [-0.05, 0) is 24.3 Å². The van der Waals surface area contributed by atoms with Gasteiger partial charge >= 0.3 is 0 Å². The molecule has 14 nitrogen and oxygen atoms in total. The number of anilines is 1. The van der Waals surface area contributed by atoms with E-state index in [1.807, 2.05) is 0 Å². The topological polar surface area (TPSA) is 197 Å². The van der Waals surface area contributed by atoms with Crippen LogP contribution in [0, 0.1) is 5.92 Å². The summed E-state index contributed by atoms with van der Waals surface area (Å²) in [5.41, 5.74) is 5.99. The summed E-state index contributed by atoms with van der Waals surface area (Å²) in [4.78, 5) is 33.5. The van der Waals surface area contributed by atoms with Crippen LogP contribution in [0.4, 0.5) is 10.1 Å². The quantitative estimate of drug-likeness (QED) is 0.0994. The minimum Gasteiger partial charge on any atom is -0.497 e. The molecule has 3 heterocycles. The summed E-state index contributed by atoms with van der Waals surface area (Å²) < 4.78 is 19.9. The van der Waals surface area contributed by atoms with Crippen LogP contribution in [0.25, 0.3) is 0 Å². The number of rotatable bonds is 5. The monoisotopic (exact) mass is 527 g/mol. The Morgan fingerprint density at radius 2 is 1.84 bits per heavy atom. The Morgan fingerprint density at radius 3 is 2.45 bits per heavy atom. The first kappa shape index (κ1) is 26.4. The Balaban J connectivity index is 1.39. The smallest absolute Gasteiger partial charge is 0.294 e. The van der Waals surface area contributed by atoms with Gasteiger partial charge in [0.05, 0.1) is 31.0 Å². The molecule has 9 N–H and O–H groups in total. The van der Waals surface area contributed by atoms with Crippen molar-refractivity contribution in [2.75, 3.05) is 38.3 Å². The predicted molar refractivity (Wildman–Crippen MR) is 139 cm³/mol. The van der Waals surface area contributed by atoms with E-state index in [4.69, 9.17) is 28.0 Å². The number of nitrogens with two attached hydrogens (primary N) is 4. The van der Waals surface area contributed by atoms with Crippen molar-refractivity contribution in [1.82, 2.24) is 20.1 Å². The van der Waals surface area contributed by atoms with Gasteiger partial charge in [0.15, 0.2) is 0 Å². The lowest BCUT2D eigenvalue weighted by Gasteiger charge is -2.38. The number of amidine groups is 1. The van der Waals surface area contributed by atoms with Crippen molar-refractivity contribution >= 4 is 29.2 Å². The molecule has 15 heteroatoms. The highest BCUT2D eigenvalue weighted by molar-refractivity contribution is 6.43. The van der Waals surface area contributed by atoms with Gasteiger partial charge in [-0.25, -0.2) is 26.1 Å². The fourth-order valence-electron chi connectivity index (χ4n) is 4.50. The second-order valence-corrected chi connectivity index (χ2v) is 8.58. The van der Waals surface area contributed by atoms with E-state index in [0.29, 0.717) is 30.5 Å². The maximum atomic E-state index is 14.8. The highest BCUT2D eigenvalue weighted by Crippen LogP contribution is 2.34. The van der Waals surface area contributed by atoms with E-state index in [1.165, 1.54) is 28.5 Å². The van der Waals surface area contributed by atoms with E-state index in [2.05, 4.69) is 15.4 Å². The molecular weight excluding hydrogens is 497 g/mol. The van der Waals surface area contributed by atoms with E-state index in [9.17, 15) is 14.0 Å². The number of hydrazone groups is 1. The predicted octanol–water partition coefficient (Wildman–Crippen LogP) is -1.38. The molecule has 1 fully saturated rings. The summed E-state index contributed by atoms with van der Waals surface area (Å²) in [7, 11) is 1.56. The average Bonchev–Trinajstić information content (AvgIpc) is 3.39. The molecule has 4 rings (SSSR count). The van der Waals surface area contributed by atoms with Gasteiger partial charge in [0, 0.05) is 50.4 Å². The third-order valence-corrected chi connectivity index (χ3v) is 6.48. The van der Waals surface area contributed by atoms with E-state index in [-0.39, 0.29) is 24.5 Å². The van der Waals surface area contributed by atoms with Crippen molar-refractivity contribution in [2.24, 2.45) is 39.3 Å². The van der Waals surface area contributed by atoms with Gasteiger partial charge in [-0.2, -0.15) is 0 Å². The molecule has 1 aromatic carbocycles. The number of amides is 1. The highest BCUT2D eigenvalue weighted by atomic mass is 19.1. The number of piperazine rings is 1. The number of Topliss-reactive ketones (excluding diaryl/α,β-unsaturated/α-hetero) is 1. The van der Waals surface area contributed by atoms with Crippen molar-refractivity contribution < 1.29 is 18.7 Å². The fourth-order valence-corrected chi connectivity index (χ4v) is 4.50. The Hall–Kier alpha value is -4.63. The van der Waals surface area contributed by atoms with Crippen molar-refractivity contribution in [1.29, 1.82) is 0 Å². The lowest BCUT2D eigenvalue weighted by Crippen LogP contribution is -2.57. The zero-order valence-electron chi connectivity index (χ0n) is 20.7. The van der Waals surface area contributed by atoms with Crippen LogP contribution >= 0.6 is 0 Å². The maximum absolute atomic E-state index is 14.8. The van der Waals surface area contributed by atoms with E-state index in [1.54, 1.807) is 36.3 Å². The van der Waals surface area contributed by atoms with Crippen LogP contribution < -0.4 is 38.3 Å². The Labute approximate surface area is 218 Å². The molecule has 3 aliphatic rings. The zero-order chi connectivity index (χ0) is 27.4. The zero-order valence-corrected chi connectivity index (χ0v) is 20.7. The Morgan fingerprint density at radius 1 is 1.18 bits per heavy atom. The number of ether oxygens (including phenoxy) is 1. The number of benzene rings is 1. The number of hydrazine groups is 2. The number of carbonyl (C=O) groups is 2. The number of carbonyl (C=O) groups excluding carboxylic acids is 2. The molecule has 0 aromatic heterocycles. The number of fused-ring (bicyclic) bond motifs is 1. The number of aliphatic imine (C=N–C) groups is 1. The van der Waals surface area contributed by atoms with Crippen LogP contribution in [0.3, 0.4) is 0 Å². The molecule has 0 spiro atoms. The highest BCUT2D eigenvalue weighted by Gasteiger charge is 2.45. The lowest BCUT2D eigenvalue weighted by atomic mass is 9.88. The normalized spacial score (nSPS) is 21.3. The number of methoxy groups -OCH3 is 1. The van der Waals surface area contributed by atoms with Gasteiger partial charge < -0.3 is 31.4 Å². The fraction of sp³-hybridized carbons (Fsp3) is 0.304. The largest absolute Gasteiger partial charge is 0.497 e.